The second-order valence-corrected chi connectivity index (χ2v) is 7.04. The Hall–Kier alpha value is -2.16. The highest BCUT2D eigenvalue weighted by molar-refractivity contribution is 5.87. The van der Waals surface area contributed by atoms with Crippen molar-refractivity contribution < 1.29 is 9.18 Å². The van der Waals surface area contributed by atoms with Crippen LogP contribution in [0, 0.1) is 5.82 Å². The predicted octanol–water partition coefficient (Wildman–Crippen LogP) is 4.20. The smallest absolute Gasteiger partial charge is 0.230 e. The van der Waals surface area contributed by atoms with Crippen molar-refractivity contribution in [1.29, 1.82) is 0 Å². The molecule has 1 N–H and O–H groups in total. The van der Waals surface area contributed by atoms with Crippen LogP contribution in [0.5, 0.6) is 0 Å². The summed E-state index contributed by atoms with van der Waals surface area (Å²) in [6, 6.07) is 16.4. The highest BCUT2D eigenvalue weighted by atomic mass is 19.1. The summed E-state index contributed by atoms with van der Waals surface area (Å²) < 4.78 is 14.0. The normalized spacial score (nSPS) is 12.0. The average Bonchev–Trinajstić information content (AvgIpc) is 2.53. The fourth-order valence-electron chi connectivity index (χ4n) is 2.61. The van der Waals surface area contributed by atoms with Gasteiger partial charge in [0.15, 0.2) is 0 Å². The number of nitrogens with one attached hydrogen (secondary N) is 1. The van der Waals surface area contributed by atoms with Gasteiger partial charge in [-0.15, -0.1) is 0 Å². The second-order valence-electron chi connectivity index (χ2n) is 7.04. The first-order valence-electron chi connectivity index (χ1n) is 7.84. The standard InChI is InChI=1S/C20H24FNO/c1-19(2,16-12-8-9-13-17(16)21)14-22-18(23)20(3,4)15-10-6-5-7-11-15/h5-13H,14H2,1-4H3,(H,22,23). The van der Waals surface area contributed by atoms with Crippen molar-refractivity contribution in [2.45, 2.75) is 38.5 Å². The first kappa shape index (κ1) is 17.2. The summed E-state index contributed by atoms with van der Waals surface area (Å²) in [5.74, 6) is -0.304. The van der Waals surface area contributed by atoms with E-state index in [2.05, 4.69) is 5.32 Å². The van der Waals surface area contributed by atoms with E-state index in [0.717, 1.165) is 5.56 Å². The number of carbonyl (C=O) groups excluding carboxylic acids is 1. The van der Waals surface area contributed by atoms with Crippen LogP contribution in [0.2, 0.25) is 0 Å². The number of carbonyl (C=O) groups is 1. The van der Waals surface area contributed by atoms with Crippen molar-refractivity contribution in [2.24, 2.45) is 0 Å². The molecule has 0 bridgehead atoms. The van der Waals surface area contributed by atoms with Gasteiger partial charge in [-0.3, -0.25) is 4.79 Å². The molecule has 0 aliphatic carbocycles. The van der Waals surface area contributed by atoms with Crippen molar-refractivity contribution in [3.8, 4) is 0 Å². The Morgan fingerprint density at radius 2 is 1.52 bits per heavy atom. The van der Waals surface area contributed by atoms with E-state index in [0.29, 0.717) is 12.1 Å². The molecule has 0 fully saturated rings. The predicted molar refractivity (Wildman–Crippen MR) is 91.9 cm³/mol. The third kappa shape index (κ3) is 3.79. The Morgan fingerprint density at radius 1 is 0.957 bits per heavy atom. The Morgan fingerprint density at radius 3 is 2.13 bits per heavy atom. The number of rotatable bonds is 5. The highest BCUT2D eigenvalue weighted by Gasteiger charge is 2.32. The molecule has 3 heteroatoms. The number of halogens is 1. The van der Waals surface area contributed by atoms with E-state index in [9.17, 15) is 9.18 Å². The molecule has 0 saturated heterocycles. The van der Waals surface area contributed by atoms with Gasteiger partial charge in [-0.05, 0) is 31.0 Å². The molecule has 0 heterocycles. The molecular formula is C20H24FNO. The number of hydrogen-bond acceptors (Lipinski definition) is 1. The minimum absolute atomic E-state index is 0.0619. The maximum Gasteiger partial charge on any atom is 0.230 e. The molecule has 2 aromatic carbocycles. The summed E-state index contributed by atoms with van der Waals surface area (Å²) in [5.41, 5.74) is 0.458. The lowest BCUT2D eigenvalue weighted by Crippen LogP contribution is -2.45. The molecular weight excluding hydrogens is 289 g/mol. The van der Waals surface area contributed by atoms with Crippen LogP contribution < -0.4 is 5.32 Å². The molecule has 0 aliphatic heterocycles. The zero-order valence-electron chi connectivity index (χ0n) is 14.2. The molecule has 1 amide bonds. The largest absolute Gasteiger partial charge is 0.354 e. The third-order valence-corrected chi connectivity index (χ3v) is 4.36. The molecule has 122 valence electrons. The zero-order chi connectivity index (χ0) is 17.1. The summed E-state index contributed by atoms with van der Waals surface area (Å²) in [6.45, 7) is 8.03. The quantitative estimate of drug-likeness (QED) is 0.881. The average molecular weight is 313 g/mol. The lowest BCUT2D eigenvalue weighted by molar-refractivity contribution is -0.125. The van der Waals surface area contributed by atoms with Crippen molar-refractivity contribution in [1.82, 2.24) is 5.32 Å². The van der Waals surface area contributed by atoms with E-state index in [-0.39, 0.29) is 11.7 Å². The van der Waals surface area contributed by atoms with Gasteiger partial charge in [-0.2, -0.15) is 0 Å². The topological polar surface area (TPSA) is 29.1 Å². The molecule has 0 aromatic heterocycles. The van der Waals surface area contributed by atoms with Crippen LogP contribution in [0.4, 0.5) is 4.39 Å². The van der Waals surface area contributed by atoms with Crippen molar-refractivity contribution in [3.63, 3.8) is 0 Å². The maximum absolute atomic E-state index is 14.0. The van der Waals surface area contributed by atoms with Crippen LogP contribution in [0.15, 0.2) is 54.6 Å². The fourth-order valence-corrected chi connectivity index (χ4v) is 2.61. The fraction of sp³-hybridized carbons (Fsp3) is 0.350. The monoisotopic (exact) mass is 313 g/mol. The van der Waals surface area contributed by atoms with E-state index in [1.807, 2.05) is 64.1 Å². The number of benzene rings is 2. The van der Waals surface area contributed by atoms with Gasteiger partial charge in [0, 0.05) is 12.0 Å². The van der Waals surface area contributed by atoms with Gasteiger partial charge < -0.3 is 5.32 Å². The minimum atomic E-state index is -0.632. The maximum atomic E-state index is 14.0. The first-order chi connectivity index (χ1) is 10.7. The van der Waals surface area contributed by atoms with Crippen LogP contribution in [0.25, 0.3) is 0 Å². The Balaban J connectivity index is 2.11. The summed E-state index contributed by atoms with van der Waals surface area (Å²) in [6.07, 6.45) is 0. The van der Waals surface area contributed by atoms with Gasteiger partial charge in [0.2, 0.25) is 5.91 Å². The van der Waals surface area contributed by atoms with E-state index >= 15 is 0 Å². The van der Waals surface area contributed by atoms with Crippen LogP contribution in [-0.2, 0) is 15.6 Å². The first-order valence-corrected chi connectivity index (χ1v) is 7.84. The van der Waals surface area contributed by atoms with Gasteiger partial charge in [0.25, 0.3) is 0 Å². The molecule has 2 nitrogen and oxygen atoms in total. The zero-order valence-corrected chi connectivity index (χ0v) is 14.2. The van der Waals surface area contributed by atoms with Gasteiger partial charge in [-0.25, -0.2) is 4.39 Å². The highest BCUT2D eigenvalue weighted by Crippen LogP contribution is 2.27. The molecule has 0 atom stereocenters. The van der Waals surface area contributed by atoms with Gasteiger partial charge >= 0.3 is 0 Å². The lowest BCUT2D eigenvalue weighted by Gasteiger charge is -2.30. The van der Waals surface area contributed by atoms with Crippen molar-refractivity contribution in [3.05, 3.63) is 71.5 Å². The minimum Gasteiger partial charge on any atom is -0.354 e. The summed E-state index contributed by atoms with van der Waals surface area (Å²) >= 11 is 0. The molecule has 0 radical (unpaired) electrons. The third-order valence-electron chi connectivity index (χ3n) is 4.36. The molecule has 0 saturated carbocycles. The van der Waals surface area contributed by atoms with E-state index in [4.69, 9.17) is 0 Å². The van der Waals surface area contributed by atoms with Crippen molar-refractivity contribution >= 4 is 5.91 Å². The van der Waals surface area contributed by atoms with E-state index < -0.39 is 10.8 Å². The Labute approximate surface area is 137 Å². The SMILES string of the molecule is CC(C)(CNC(=O)C(C)(C)c1ccccc1)c1ccccc1F. The van der Waals surface area contributed by atoms with Gasteiger partial charge in [0.1, 0.15) is 5.82 Å². The summed E-state index contributed by atoms with van der Waals surface area (Å²) in [5, 5.41) is 2.98. The molecule has 0 unspecified atom stereocenters. The van der Waals surface area contributed by atoms with Crippen LogP contribution >= 0.6 is 0 Å². The van der Waals surface area contributed by atoms with E-state index in [1.54, 1.807) is 12.1 Å². The Kier molecular flexibility index (Phi) is 4.88. The van der Waals surface area contributed by atoms with E-state index in [1.165, 1.54) is 6.07 Å². The molecule has 0 aliphatic rings. The van der Waals surface area contributed by atoms with Crippen LogP contribution in [-0.4, -0.2) is 12.5 Å². The molecule has 2 rings (SSSR count). The summed E-state index contributed by atoms with van der Waals surface area (Å²) in [7, 11) is 0. The van der Waals surface area contributed by atoms with Crippen LogP contribution in [0.1, 0.15) is 38.8 Å². The summed E-state index contributed by atoms with van der Waals surface area (Å²) in [4.78, 5) is 12.6. The number of amides is 1. The lowest BCUT2D eigenvalue weighted by atomic mass is 9.81. The van der Waals surface area contributed by atoms with Gasteiger partial charge in [0.05, 0.1) is 5.41 Å². The molecule has 2 aromatic rings. The van der Waals surface area contributed by atoms with Crippen molar-refractivity contribution in [2.75, 3.05) is 6.54 Å². The molecule has 0 spiro atoms. The van der Waals surface area contributed by atoms with Gasteiger partial charge in [-0.1, -0.05) is 62.4 Å². The molecule has 23 heavy (non-hydrogen) atoms. The Bertz CT molecular complexity index is 677. The number of hydrogen-bond donors (Lipinski definition) is 1. The second kappa shape index (κ2) is 6.53. The van der Waals surface area contributed by atoms with Crippen LogP contribution in [0.3, 0.4) is 0 Å².